The average Bonchev–Trinajstić information content (AvgIpc) is 2.36. The third kappa shape index (κ3) is 3.05. The number of rotatable bonds is 2. The molecule has 0 spiro atoms. The minimum absolute atomic E-state index is 0.0622. The smallest absolute Gasteiger partial charge is 0.338 e. The Morgan fingerprint density at radius 3 is 2.60 bits per heavy atom. The summed E-state index contributed by atoms with van der Waals surface area (Å²) in [6, 6.07) is 3.18. The van der Waals surface area contributed by atoms with Crippen molar-refractivity contribution in [3.8, 4) is 0 Å². The SMILES string of the molecule is O=c1[nH]cnc(Nc2ccc(Cl)cc2C(F)(F)F)c1Cl. The van der Waals surface area contributed by atoms with E-state index in [0.717, 1.165) is 18.5 Å². The predicted molar refractivity (Wildman–Crippen MR) is 69.6 cm³/mol. The van der Waals surface area contributed by atoms with Crippen LogP contribution in [0.5, 0.6) is 0 Å². The summed E-state index contributed by atoms with van der Waals surface area (Å²) in [5.74, 6) is -0.178. The van der Waals surface area contributed by atoms with Crippen LogP contribution in [0.25, 0.3) is 0 Å². The van der Waals surface area contributed by atoms with Crippen LogP contribution in [0, 0.1) is 0 Å². The zero-order valence-corrected chi connectivity index (χ0v) is 11.1. The maximum atomic E-state index is 12.9. The predicted octanol–water partition coefficient (Wildman–Crippen LogP) is 3.84. The zero-order valence-electron chi connectivity index (χ0n) is 9.55. The molecule has 1 aromatic heterocycles. The minimum atomic E-state index is -4.61. The number of aromatic nitrogens is 2. The molecule has 0 atom stereocenters. The molecule has 1 heterocycles. The van der Waals surface area contributed by atoms with Crippen LogP contribution in [0.3, 0.4) is 0 Å². The van der Waals surface area contributed by atoms with E-state index in [1.165, 1.54) is 6.07 Å². The number of alkyl halides is 3. The number of halogens is 5. The van der Waals surface area contributed by atoms with Gasteiger partial charge in [-0.15, -0.1) is 0 Å². The molecule has 0 radical (unpaired) electrons. The van der Waals surface area contributed by atoms with Gasteiger partial charge in [-0.3, -0.25) is 4.79 Å². The summed E-state index contributed by atoms with van der Waals surface area (Å²) >= 11 is 11.2. The Morgan fingerprint density at radius 2 is 1.95 bits per heavy atom. The first-order valence-electron chi connectivity index (χ1n) is 5.16. The van der Waals surface area contributed by atoms with E-state index in [0.29, 0.717) is 0 Å². The van der Waals surface area contributed by atoms with Crippen LogP contribution in [-0.2, 0) is 6.18 Å². The number of hydrogen-bond acceptors (Lipinski definition) is 3. The number of benzene rings is 1. The summed E-state index contributed by atoms with van der Waals surface area (Å²) in [4.78, 5) is 17.1. The molecular formula is C11H6Cl2F3N3O. The molecular weight excluding hydrogens is 318 g/mol. The van der Waals surface area contributed by atoms with Crippen LogP contribution < -0.4 is 10.9 Å². The van der Waals surface area contributed by atoms with E-state index in [1.807, 2.05) is 0 Å². The first-order valence-corrected chi connectivity index (χ1v) is 5.91. The zero-order chi connectivity index (χ0) is 14.9. The Bertz CT molecular complexity index is 700. The standard InChI is InChI=1S/C11H6Cl2F3N3O/c12-5-1-2-7(6(3-5)11(14,15)16)19-9-8(13)10(20)18-4-17-9/h1-4H,(H2,17,18,19,20). The molecule has 0 aliphatic carbocycles. The van der Waals surface area contributed by atoms with Gasteiger partial charge in [-0.1, -0.05) is 23.2 Å². The second kappa shape index (κ2) is 5.34. The van der Waals surface area contributed by atoms with Crippen molar-refractivity contribution in [2.75, 3.05) is 5.32 Å². The minimum Gasteiger partial charge on any atom is -0.338 e. The molecule has 0 aliphatic rings. The summed E-state index contributed by atoms with van der Waals surface area (Å²) in [6.45, 7) is 0. The van der Waals surface area contributed by atoms with Gasteiger partial charge in [0.05, 0.1) is 17.6 Å². The van der Waals surface area contributed by atoms with E-state index in [1.54, 1.807) is 0 Å². The van der Waals surface area contributed by atoms with Crippen LogP contribution in [-0.4, -0.2) is 9.97 Å². The normalized spacial score (nSPS) is 11.4. The van der Waals surface area contributed by atoms with E-state index < -0.39 is 17.3 Å². The molecule has 0 fully saturated rings. The lowest BCUT2D eigenvalue weighted by molar-refractivity contribution is -0.136. The van der Waals surface area contributed by atoms with Crippen molar-refractivity contribution in [1.82, 2.24) is 9.97 Å². The highest BCUT2D eigenvalue weighted by atomic mass is 35.5. The van der Waals surface area contributed by atoms with Gasteiger partial charge in [-0.2, -0.15) is 13.2 Å². The fraction of sp³-hybridized carbons (Fsp3) is 0.0909. The van der Waals surface area contributed by atoms with Gasteiger partial charge in [0.25, 0.3) is 5.56 Å². The summed E-state index contributed by atoms with van der Waals surface area (Å²) in [6.07, 6.45) is -3.58. The second-order valence-corrected chi connectivity index (χ2v) is 4.52. The molecule has 0 saturated heterocycles. The molecule has 9 heteroatoms. The number of aromatic amines is 1. The van der Waals surface area contributed by atoms with Gasteiger partial charge < -0.3 is 10.3 Å². The molecule has 1 aromatic carbocycles. The van der Waals surface area contributed by atoms with E-state index in [-0.39, 0.29) is 21.6 Å². The van der Waals surface area contributed by atoms with Gasteiger partial charge in [0.2, 0.25) is 0 Å². The highest BCUT2D eigenvalue weighted by Crippen LogP contribution is 2.37. The van der Waals surface area contributed by atoms with Crippen molar-refractivity contribution in [3.63, 3.8) is 0 Å². The summed E-state index contributed by atoms with van der Waals surface area (Å²) in [5, 5.41) is 1.97. The highest BCUT2D eigenvalue weighted by Gasteiger charge is 2.34. The molecule has 0 saturated carbocycles. The van der Waals surface area contributed by atoms with Gasteiger partial charge in [0.15, 0.2) is 5.82 Å². The first kappa shape index (κ1) is 14.7. The molecule has 0 bridgehead atoms. The maximum Gasteiger partial charge on any atom is 0.418 e. The molecule has 0 aliphatic heterocycles. The van der Waals surface area contributed by atoms with Crippen LogP contribution in [0.1, 0.15) is 5.56 Å². The van der Waals surface area contributed by atoms with Gasteiger partial charge in [-0.25, -0.2) is 4.98 Å². The van der Waals surface area contributed by atoms with Gasteiger partial charge >= 0.3 is 6.18 Å². The van der Waals surface area contributed by atoms with Crippen molar-refractivity contribution in [2.45, 2.75) is 6.18 Å². The van der Waals surface area contributed by atoms with E-state index in [9.17, 15) is 18.0 Å². The topological polar surface area (TPSA) is 57.8 Å². The molecule has 106 valence electrons. The first-order chi connectivity index (χ1) is 9.29. The average molecular weight is 324 g/mol. The third-order valence-electron chi connectivity index (χ3n) is 2.34. The molecule has 2 rings (SSSR count). The molecule has 0 amide bonds. The molecule has 0 unspecified atom stereocenters. The number of anilines is 2. The maximum absolute atomic E-state index is 12.9. The monoisotopic (exact) mass is 323 g/mol. The van der Waals surface area contributed by atoms with Gasteiger partial charge in [0.1, 0.15) is 5.02 Å². The van der Waals surface area contributed by atoms with Crippen molar-refractivity contribution < 1.29 is 13.2 Å². The van der Waals surface area contributed by atoms with Gasteiger partial charge in [0, 0.05) is 5.02 Å². The lowest BCUT2D eigenvalue weighted by Gasteiger charge is -2.14. The lowest BCUT2D eigenvalue weighted by atomic mass is 10.1. The highest BCUT2D eigenvalue weighted by molar-refractivity contribution is 6.32. The Labute approximate surface area is 120 Å². The quantitative estimate of drug-likeness (QED) is 0.882. The van der Waals surface area contributed by atoms with Crippen molar-refractivity contribution in [2.24, 2.45) is 0 Å². The fourth-order valence-electron chi connectivity index (χ4n) is 1.46. The number of nitrogens with one attached hydrogen (secondary N) is 2. The number of H-pyrrole nitrogens is 1. The van der Waals surface area contributed by atoms with Gasteiger partial charge in [-0.05, 0) is 18.2 Å². The lowest BCUT2D eigenvalue weighted by Crippen LogP contribution is -2.12. The summed E-state index contributed by atoms with van der Waals surface area (Å²) < 4.78 is 38.7. The Hall–Kier alpha value is -1.73. The van der Waals surface area contributed by atoms with Crippen molar-refractivity contribution in [1.29, 1.82) is 0 Å². The second-order valence-electron chi connectivity index (χ2n) is 3.71. The molecule has 2 aromatic rings. The Kier molecular flexibility index (Phi) is 3.92. The van der Waals surface area contributed by atoms with E-state index in [2.05, 4.69) is 15.3 Å². The van der Waals surface area contributed by atoms with Crippen LogP contribution in [0.15, 0.2) is 29.3 Å². The van der Waals surface area contributed by atoms with E-state index >= 15 is 0 Å². The molecule has 20 heavy (non-hydrogen) atoms. The van der Waals surface area contributed by atoms with Crippen LogP contribution in [0.2, 0.25) is 10.0 Å². The Balaban J connectivity index is 2.49. The van der Waals surface area contributed by atoms with Crippen molar-refractivity contribution >= 4 is 34.7 Å². The van der Waals surface area contributed by atoms with E-state index in [4.69, 9.17) is 23.2 Å². The van der Waals surface area contributed by atoms with Crippen LogP contribution >= 0.6 is 23.2 Å². The third-order valence-corrected chi connectivity index (χ3v) is 2.92. The number of hydrogen-bond donors (Lipinski definition) is 2. The molecule has 4 nitrogen and oxygen atoms in total. The summed E-state index contributed by atoms with van der Waals surface area (Å²) in [5.41, 5.74) is -1.95. The van der Waals surface area contributed by atoms with Crippen LogP contribution in [0.4, 0.5) is 24.7 Å². The summed E-state index contributed by atoms with van der Waals surface area (Å²) in [7, 11) is 0. The largest absolute Gasteiger partial charge is 0.418 e. The van der Waals surface area contributed by atoms with Crippen molar-refractivity contribution in [3.05, 3.63) is 50.5 Å². The number of nitrogens with zero attached hydrogens (tertiary/aromatic N) is 1. The Morgan fingerprint density at radius 1 is 1.25 bits per heavy atom. The fourth-order valence-corrected chi connectivity index (χ4v) is 1.78. The molecule has 2 N–H and O–H groups in total.